The Kier molecular flexibility index (Phi) is 4.04. The lowest BCUT2D eigenvalue weighted by molar-refractivity contribution is 0.175. The molecule has 0 amide bonds. The van der Waals surface area contributed by atoms with E-state index in [4.69, 9.17) is 0 Å². The van der Waals surface area contributed by atoms with Gasteiger partial charge in [0, 0.05) is 12.6 Å². The van der Waals surface area contributed by atoms with E-state index >= 15 is 0 Å². The van der Waals surface area contributed by atoms with E-state index in [1.165, 1.54) is 51.7 Å². The third-order valence-electron chi connectivity index (χ3n) is 4.00. The number of hydrogen-bond donors (Lipinski definition) is 1. The van der Waals surface area contributed by atoms with Crippen LogP contribution in [0.25, 0.3) is 0 Å². The monoisotopic (exact) mass is 210 g/mol. The molecule has 1 aliphatic carbocycles. The molecular formula is C13H26N2. The maximum atomic E-state index is 3.75. The van der Waals surface area contributed by atoms with Gasteiger partial charge in [-0.25, -0.2) is 0 Å². The molecule has 1 saturated carbocycles. The van der Waals surface area contributed by atoms with Gasteiger partial charge < -0.3 is 10.2 Å². The second-order valence-corrected chi connectivity index (χ2v) is 5.67. The predicted molar refractivity (Wildman–Crippen MR) is 65.0 cm³/mol. The molecule has 1 N–H and O–H groups in total. The molecule has 15 heavy (non-hydrogen) atoms. The van der Waals surface area contributed by atoms with Crippen LogP contribution in [0.5, 0.6) is 0 Å². The highest BCUT2D eigenvalue weighted by Crippen LogP contribution is 2.33. The van der Waals surface area contributed by atoms with Crippen molar-refractivity contribution in [1.29, 1.82) is 0 Å². The van der Waals surface area contributed by atoms with Crippen LogP contribution in [0.15, 0.2) is 0 Å². The van der Waals surface area contributed by atoms with E-state index in [1.807, 2.05) is 0 Å². The number of likely N-dealkylation sites (tertiary alicyclic amines) is 1. The highest BCUT2D eigenvalue weighted by molar-refractivity contribution is 4.81. The topological polar surface area (TPSA) is 15.3 Å². The molecule has 1 aliphatic heterocycles. The zero-order valence-corrected chi connectivity index (χ0v) is 10.3. The molecule has 0 spiro atoms. The minimum Gasteiger partial charge on any atom is -0.314 e. The summed E-state index contributed by atoms with van der Waals surface area (Å²) in [5, 5.41) is 3.75. The van der Waals surface area contributed by atoms with E-state index in [1.54, 1.807) is 0 Å². The molecule has 0 radical (unpaired) electrons. The standard InChI is InChI=1S/C13H26N2/c1-11-10-15(2)9-7-13(11)14-8-3-4-12-5-6-12/h11-14H,3-10H2,1-2H3. The van der Waals surface area contributed by atoms with Gasteiger partial charge >= 0.3 is 0 Å². The van der Waals surface area contributed by atoms with Crippen LogP contribution >= 0.6 is 0 Å². The Morgan fingerprint density at radius 1 is 1.27 bits per heavy atom. The van der Waals surface area contributed by atoms with E-state index in [9.17, 15) is 0 Å². The fourth-order valence-electron chi connectivity index (χ4n) is 2.74. The third-order valence-corrected chi connectivity index (χ3v) is 4.00. The molecule has 2 unspecified atom stereocenters. The quantitative estimate of drug-likeness (QED) is 0.699. The smallest absolute Gasteiger partial charge is 0.0117 e. The molecule has 2 atom stereocenters. The first-order chi connectivity index (χ1) is 7.25. The van der Waals surface area contributed by atoms with Crippen LogP contribution in [0.1, 0.15) is 39.0 Å². The van der Waals surface area contributed by atoms with E-state index in [2.05, 4.69) is 24.2 Å². The average molecular weight is 210 g/mol. The molecular weight excluding hydrogens is 184 g/mol. The van der Waals surface area contributed by atoms with Gasteiger partial charge in [0.25, 0.3) is 0 Å². The number of rotatable bonds is 5. The first-order valence-electron chi connectivity index (χ1n) is 6.67. The minimum absolute atomic E-state index is 0.778. The summed E-state index contributed by atoms with van der Waals surface area (Å²) >= 11 is 0. The molecule has 2 heteroatoms. The van der Waals surface area contributed by atoms with Gasteiger partial charge in [0.2, 0.25) is 0 Å². The van der Waals surface area contributed by atoms with Gasteiger partial charge in [0.05, 0.1) is 0 Å². The Hall–Kier alpha value is -0.0800. The lowest BCUT2D eigenvalue weighted by Gasteiger charge is -2.35. The van der Waals surface area contributed by atoms with Crippen LogP contribution in [0.2, 0.25) is 0 Å². The lowest BCUT2D eigenvalue weighted by Crippen LogP contribution is -2.47. The van der Waals surface area contributed by atoms with E-state index in [0.29, 0.717) is 0 Å². The van der Waals surface area contributed by atoms with Crippen LogP contribution in [0.3, 0.4) is 0 Å². The predicted octanol–water partition coefficient (Wildman–Crippen LogP) is 2.11. The molecule has 0 aromatic rings. The molecule has 88 valence electrons. The normalized spacial score (nSPS) is 33.2. The molecule has 0 bridgehead atoms. The van der Waals surface area contributed by atoms with Crippen molar-refractivity contribution in [2.24, 2.45) is 11.8 Å². The summed E-state index contributed by atoms with van der Waals surface area (Å²) in [7, 11) is 2.24. The Morgan fingerprint density at radius 3 is 2.73 bits per heavy atom. The molecule has 1 heterocycles. The molecule has 2 nitrogen and oxygen atoms in total. The van der Waals surface area contributed by atoms with E-state index in [-0.39, 0.29) is 0 Å². The Balaban J connectivity index is 1.56. The second-order valence-electron chi connectivity index (χ2n) is 5.67. The van der Waals surface area contributed by atoms with Gasteiger partial charge in [-0.2, -0.15) is 0 Å². The van der Waals surface area contributed by atoms with Crippen molar-refractivity contribution >= 4 is 0 Å². The maximum Gasteiger partial charge on any atom is 0.0117 e. The maximum absolute atomic E-state index is 3.75. The van der Waals surface area contributed by atoms with Crippen molar-refractivity contribution in [2.45, 2.75) is 45.1 Å². The van der Waals surface area contributed by atoms with Crippen LogP contribution < -0.4 is 5.32 Å². The lowest BCUT2D eigenvalue weighted by atomic mass is 9.94. The number of nitrogens with zero attached hydrogens (tertiary/aromatic N) is 1. The summed E-state index contributed by atoms with van der Waals surface area (Å²) in [5.74, 6) is 1.92. The number of hydrogen-bond acceptors (Lipinski definition) is 2. The van der Waals surface area contributed by atoms with Gasteiger partial charge in [-0.15, -0.1) is 0 Å². The van der Waals surface area contributed by atoms with Gasteiger partial charge in [0.1, 0.15) is 0 Å². The summed E-state index contributed by atoms with van der Waals surface area (Å²) in [6, 6.07) is 0.778. The summed E-state index contributed by atoms with van der Waals surface area (Å²) in [6.07, 6.45) is 7.20. The minimum atomic E-state index is 0.778. The second kappa shape index (κ2) is 5.31. The summed E-state index contributed by atoms with van der Waals surface area (Å²) < 4.78 is 0. The van der Waals surface area contributed by atoms with Crippen LogP contribution in [0, 0.1) is 11.8 Å². The van der Waals surface area contributed by atoms with Gasteiger partial charge in [-0.05, 0) is 51.2 Å². The highest BCUT2D eigenvalue weighted by Gasteiger charge is 2.24. The van der Waals surface area contributed by atoms with E-state index < -0.39 is 0 Å². The van der Waals surface area contributed by atoms with Crippen molar-refractivity contribution in [3.05, 3.63) is 0 Å². The van der Waals surface area contributed by atoms with Crippen molar-refractivity contribution in [3.63, 3.8) is 0 Å². The SMILES string of the molecule is CC1CN(C)CCC1NCCCC1CC1. The van der Waals surface area contributed by atoms with Gasteiger partial charge in [-0.1, -0.05) is 19.8 Å². The Labute approximate surface area is 94.4 Å². The molecule has 2 aliphatic rings. The van der Waals surface area contributed by atoms with Crippen molar-refractivity contribution in [1.82, 2.24) is 10.2 Å². The zero-order valence-electron chi connectivity index (χ0n) is 10.3. The van der Waals surface area contributed by atoms with Gasteiger partial charge in [0.15, 0.2) is 0 Å². The number of nitrogens with one attached hydrogen (secondary N) is 1. The van der Waals surface area contributed by atoms with Crippen molar-refractivity contribution < 1.29 is 0 Å². The summed E-state index contributed by atoms with van der Waals surface area (Å²) in [5.41, 5.74) is 0. The van der Waals surface area contributed by atoms with Crippen LogP contribution in [-0.2, 0) is 0 Å². The van der Waals surface area contributed by atoms with Crippen LogP contribution in [-0.4, -0.2) is 37.6 Å². The van der Waals surface area contributed by atoms with Gasteiger partial charge in [-0.3, -0.25) is 0 Å². The average Bonchev–Trinajstić information content (AvgIpc) is 2.99. The number of piperidine rings is 1. The summed E-state index contributed by atoms with van der Waals surface area (Å²) in [4.78, 5) is 2.45. The molecule has 2 fully saturated rings. The van der Waals surface area contributed by atoms with Crippen molar-refractivity contribution in [2.75, 3.05) is 26.7 Å². The first kappa shape index (κ1) is 11.4. The molecule has 2 rings (SSSR count). The van der Waals surface area contributed by atoms with Crippen LogP contribution in [0.4, 0.5) is 0 Å². The molecule has 0 aromatic carbocycles. The fraction of sp³-hybridized carbons (Fsp3) is 1.00. The fourth-order valence-corrected chi connectivity index (χ4v) is 2.74. The molecule has 1 saturated heterocycles. The highest BCUT2D eigenvalue weighted by atomic mass is 15.1. The Bertz CT molecular complexity index is 189. The molecule has 0 aromatic heterocycles. The zero-order chi connectivity index (χ0) is 10.7. The Morgan fingerprint density at radius 2 is 2.07 bits per heavy atom. The third kappa shape index (κ3) is 3.76. The van der Waals surface area contributed by atoms with E-state index in [0.717, 1.165) is 17.9 Å². The first-order valence-corrected chi connectivity index (χ1v) is 6.67. The largest absolute Gasteiger partial charge is 0.314 e. The summed E-state index contributed by atoms with van der Waals surface area (Å²) in [6.45, 7) is 6.16. The van der Waals surface area contributed by atoms with Crippen molar-refractivity contribution in [3.8, 4) is 0 Å².